The predicted octanol–water partition coefficient (Wildman–Crippen LogP) is 4.79. The van der Waals surface area contributed by atoms with Crippen molar-refractivity contribution >= 4 is 22.1 Å². The zero-order valence-electron chi connectivity index (χ0n) is 12.2. The number of hydrogen-bond acceptors (Lipinski definition) is 2. The fraction of sp³-hybridized carbons (Fsp3) is 0.105. The number of aryl methyl sites for hydroxylation is 1. The van der Waals surface area contributed by atoms with Gasteiger partial charge in [-0.25, -0.2) is 0 Å². The third-order valence-corrected chi connectivity index (χ3v) is 3.82. The highest BCUT2D eigenvalue weighted by atomic mass is 15.1. The van der Waals surface area contributed by atoms with Gasteiger partial charge in [-0.1, -0.05) is 36.4 Å². The molecule has 3 aromatic rings. The molecule has 0 saturated carbocycles. The van der Waals surface area contributed by atoms with E-state index in [0.717, 1.165) is 16.9 Å². The fourth-order valence-corrected chi connectivity index (χ4v) is 2.56. The van der Waals surface area contributed by atoms with Crippen LogP contribution in [0.3, 0.4) is 0 Å². The van der Waals surface area contributed by atoms with Crippen LogP contribution >= 0.6 is 0 Å². The molecule has 0 radical (unpaired) electrons. The van der Waals surface area contributed by atoms with Gasteiger partial charge in [0.1, 0.15) is 0 Å². The monoisotopic (exact) mass is 272 g/mol. The molecule has 0 unspecified atom stereocenters. The summed E-state index contributed by atoms with van der Waals surface area (Å²) in [6.45, 7) is 2.06. The maximum absolute atomic E-state index is 9.08. The van der Waals surface area contributed by atoms with E-state index in [4.69, 9.17) is 5.26 Å². The molecule has 102 valence electrons. The van der Waals surface area contributed by atoms with Crippen LogP contribution in [0.4, 0.5) is 11.4 Å². The summed E-state index contributed by atoms with van der Waals surface area (Å²) in [7, 11) is 2.04. The van der Waals surface area contributed by atoms with Crippen molar-refractivity contribution in [1.29, 1.82) is 5.26 Å². The van der Waals surface area contributed by atoms with E-state index in [1.54, 1.807) is 0 Å². The summed E-state index contributed by atoms with van der Waals surface area (Å²) in [6, 6.07) is 22.7. The van der Waals surface area contributed by atoms with Gasteiger partial charge in [0.25, 0.3) is 0 Å². The van der Waals surface area contributed by atoms with Gasteiger partial charge in [0, 0.05) is 18.4 Å². The van der Waals surface area contributed by atoms with Gasteiger partial charge >= 0.3 is 0 Å². The van der Waals surface area contributed by atoms with Gasteiger partial charge in [0.05, 0.1) is 11.6 Å². The molecule has 0 N–H and O–H groups in total. The predicted molar refractivity (Wildman–Crippen MR) is 87.9 cm³/mol. The molecule has 2 nitrogen and oxygen atoms in total. The lowest BCUT2D eigenvalue weighted by Gasteiger charge is -2.22. The second-order valence-corrected chi connectivity index (χ2v) is 5.20. The Morgan fingerprint density at radius 2 is 1.67 bits per heavy atom. The Balaban J connectivity index is 2.08. The Morgan fingerprint density at radius 3 is 2.43 bits per heavy atom. The van der Waals surface area contributed by atoms with Gasteiger partial charge in [-0.3, -0.25) is 0 Å². The lowest BCUT2D eigenvalue weighted by Crippen LogP contribution is -2.11. The average Bonchev–Trinajstić information content (AvgIpc) is 2.54. The average molecular weight is 272 g/mol. The van der Waals surface area contributed by atoms with E-state index < -0.39 is 0 Å². The Morgan fingerprint density at radius 1 is 0.905 bits per heavy atom. The Kier molecular flexibility index (Phi) is 3.33. The third kappa shape index (κ3) is 2.46. The van der Waals surface area contributed by atoms with E-state index in [1.165, 1.54) is 10.8 Å². The van der Waals surface area contributed by atoms with Crippen LogP contribution in [0.1, 0.15) is 11.1 Å². The zero-order chi connectivity index (χ0) is 14.8. The lowest BCUT2D eigenvalue weighted by molar-refractivity contribution is 1.18. The van der Waals surface area contributed by atoms with Crippen LogP contribution in [0, 0.1) is 18.3 Å². The van der Waals surface area contributed by atoms with Gasteiger partial charge in [-0.05, 0) is 47.5 Å². The quantitative estimate of drug-likeness (QED) is 0.670. The normalized spacial score (nSPS) is 10.3. The van der Waals surface area contributed by atoms with Crippen molar-refractivity contribution in [3.8, 4) is 6.07 Å². The van der Waals surface area contributed by atoms with Crippen molar-refractivity contribution in [3.63, 3.8) is 0 Å². The summed E-state index contributed by atoms with van der Waals surface area (Å²) in [5.41, 5.74) is 4.02. The van der Waals surface area contributed by atoms with Crippen LogP contribution in [-0.2, 0) is 0 Å². The molecule has 0 saturated heterocycles. The minimum atomic E-state index is 0.684. The highest BCUT2D eigenvalue weighted by Gasteiger charge is 2.08. The second kappa shape index (κ2) is 5.30. The molecular formula is C19H16N2. The maximum Gasteiger partial charge on any atom is 0.0992 e. The fourth-order valence-electron chi connectivity index (χ4n) is 2.56. The number of benzene rings is 3. The van der Waals surface area contributed by atoms with Crippen molar-refractivity contribution in [2.75, 3.05) is 11.9 Å². The molecule has 3 rings (SSSR count). The first-order chi connectivity index (χ1) is 10.2. The van der Waals surface area contributed by atoms with Gasteiger partial charge in [0.15, 0.2) is 0 Å². The first-order valence-electron chi connectivity index (χ1n) is 6.92. The van der Waals surface area contributed by atoms with Crippen molar-refractivity contribution in [2.24, 2.45) is 0 Å². The van der Waals surface area contributed by atoms with E-state index in [1.807, 2.05) is 37.4 Å². The molecule has 2 heteroatoms. The van der Waals surface area contributed by atoms with Crippen LogP contribution in [0.25, 0.3) is 10.8 Å². The largest absolute Gasteiger partial charge is 0.344 e. The Bertz CT molecular complexity index is 844. The smallest absolute Gasteiger partial charge is 0.0992 e. The molecule has 0 atom stereocenters. The lowest BCUT2D eigenvalue weighted by atomic mass is 10.1. The summed E-state index contributed by atoms with van der Waals surface area (Å²) >= 11 is 0. The standard InChI is InChI=1S/C19H16N2/c1-14-7-8-15(13-20)11-19(14)21(2)18-10-9-16-5-3-4-6-17(16)12-18/h3-12H,1-2H3. The van der Waals surface area contributed by atoms with E-state index in [-0.39, 0.29) is 0 Å². The molecule has 0 amide bonds. The number of rotatable bonds is 2. The molecule has 3 aromatic carbocycles. The molecule has 0 aliphatic carbocycles. The molecule has 0 aliphatic heterocycles. The van der Waals surface area contributed by atoms with Gasteiger partial charge in [-0.15, -0.1) is 0 Å². The summed E-state index contributed by atoms with van der Waals surface area (Å²) < 4.78 is 0. The highest BCUT2D eigenvalue weighted by molar-refractivity contribution is 5.87. The Labute approximate surface area is 124 Å². The second-order valence-electron chi connectivity index (χ2n) is 5.20. The summed E-state index contributed by atoms with van der Waals surface area (Å²) in [4.78, 5) is 2.13. The van der Waals surface area contributed by atoms with E-state index in [2.05, 4.69) is 48.2 Å². The highest BCUT2D eigenvalue weighted by Crippen LogP contribution is 2.29. The summed E-state index contributed by atoms with van der Waals surface area (Å²) in [6.07, 6.45) is 0. The molecule has 0 aliphatic rings. The van der Waals surface area contributed by atoms with Crippen LogP contribution in [0.5, 0.6) is 0 Å². The molecule has 0 fully saturated rings. The van der Waals surface area contributed by atoms with Crippen molar-refractivity contribution < 1.29 is 0 Å². The molecule has 0 bridgehead atoms. The number of fused-ring (bicyclic) bond motifs is 1. The number of nitriles is 1. The van der Waals surface area contributed by atoms with Crippen molar-refractivity contribution in [2.45, 2.75) is 6.92 Å². The van der Waals surface area contributed by atoms with Crippen molar-refractivity contribution in [1.82, 2.24) is 0 Å². The number of hydrogen-bond donors (Lipinski definition) is 0. The first kappa shape index (κ1) is 13.2. The zero-order valence-corrected chi connectivity index (χ0v) is 12.2. The summed E-state index contributed by atoms with van der Waals surface area (Å²) in [5.74, 6) is 0. The molecular weight excluding hydrogens is 256 g/mol. The molecule has 0 aromatic heterocycles. The number of anilines is 2. The van der Waals surface area contributed by atoms with Crippen LogP contribution in [0.2, 0.25) is 0 Å². The van der Waals surface area contributed by atoms with E-state index in [9.17, 15) is 0 Å². The molecule has 0 spiro atoms. The van der Waals surface area contributed by atoms with Crippen LogP contribution < -0.4 is 4.90 Å². The van der Waals surface area contributed by atoms with Gasteiger partial charge < -0.3 is 4.90 Å². The number of nitrogens with zero attached hydrogens (tertiary/aromatic N) is 2. The van der Waals surface area contributed by atoms with Gasteiger partial charge in [0.2, 0.25) is 0 Å². The van der Waals surface area contributed by atoms with Crippen LogP contribution in [0.15, 0.2) is 60.7 Å². The first-order valence-corrected chi connectivity index (χ1v) is 6.92. The Hall–Kier alpha value is -2.79. The van der Waals surface area contributed by atoms with E-state index >= 15 is 0 Å². The maximum atomic E-state index is 9.08. The van der Waals surface area contributed by atoms with E-state index in [0.29, 0.717) is 5.56 Å². The van der Waals surface area contributed by atoms with Crippen LogP contribution in [-0.4, -0.2) is 7.05 Å². The van der Waals surface area contributed by atoms with Gasteiger partial charge in [-0.2, -0.15) is 5.26 Å². The minimum absolute atomic E-state index is 0.684. The third-order valence-electron chi connectivity index (χ3n) is 3.82. The summed E-state index contributed by atoms with van der Waals surface area (Å²) in [5, 5.41) is 11.5. The minimum Gasteiger partial charge on any atom is -0.344 e. The molecule has 0 heterocycles. The SMILES string of the molecule is Cc1ccc(C#N)cc1N(C)c1ccc2ccccc2c1. The molecule has 21 heavy (non-hydrogen) atoms. The topological polar surface area (TPSA) is 27.0 Å². The van der Waals surface area contributed by atoms with Crippen molar-refractivity contribution in [3.05, 3.63) is 71.8 Å².